The highest BCUT2D eigenvalue weighted by molar-refractivity contribution is 5.81. The number of hydrogen-bond donors (Lipinski definition) is 1. The van der Waals surface area contributed by atoms with Gasteiger partial charge in [0.25, 0.3) is 0 Å². The summed E-state index contributed by atoms with van der Waals surface area (Å²) in [6.07, 6.45) is 3.93. The molecule has 4 nitrogen and oxygen atoms in total. The van der Waals surface area contributed by atoms with Crippen LogP contribution in [0.25, 0.3) is 0 Å². The lowest BCUT2D eigenvalue weighted by molar-refractivity contribution is -0.151. The number of nitrogens with one attached hydrogen (secondary N) is 1. The van der Waals surface area contributed by atoms with E-state index in [0.29, 0.717) is 18.0 Å². The standard InChI is InChI=1S/C15H30N2O2/c1-11(2)12(3)17(5)13-8-7-9-15(10-13,16-4)14(18)19-6/h11-13,16H,7-10H2,1-6H3. The molecule has 112 valence electrons. The van der Waals surface area contributed by atoms with Gasteiger partial charge in [0.1, 0.15) is 5.54 Å². The summed E-state index contributed by atoms with van der Waals surface area (Å²) in [5, 5.41) is 3.22. The van der Waals surface area contributed by atoms with Gasteiger partial charge in [-0.15, -0.1) is 0 Å². The fraction of sp³-hybridized carbons (Fsp3) is 0.933. The second-order valence-electron chi connectivity index (χ2n) is 6.22. The number of esters is 1. The number of rotatable bonds is 5. The lowest BCUT2D eigenvalue weighted by Gasteiger charge is -2.44. The van der Waals surface area contributed by atoms with Crippen LogP contribution in [0.2, 0.25) is 0 Å². The molecule has 3 atom stereocenters. The molecular weight excluding hydrogens is 240 g/mol. The first kappa shape index (κ1) is 16.4. The van der Waals surface area contributed by atoms with Crippen LogP contribution in [-0.4, -0.2) is 49.7 Å². The van der Waals surface area contributed by atoms with E-state index in [9.17, 15) is 4.79 Å². The van der Waals surface area contributed by atoms with Crippen molar-refractivity contribution in [3.8, 4) is 0 Å². The van der Waals surface area contributed by atoms with Crippen LogP contribution < -0.4 is 5.32 Å². The molecule has 1 saturated carbocycles. The third kappa shape index (κ3) is 3.48. The molecule has 19 heavy (non-hydrogen) atoms. The molecule has 0 bridgehead atoms. The molecule has 0 aliphatic heterocycles. The van der Waals surface area contributed by atoms with Gasteiger partial charge in [0.05, 0.1) is 7.11 Å². The normalized spacial score (nSPS) is 29.6. The van der Waals surface area contributed by atoms with Gasteiger partial charge in [0, 0.05) is 12.1 Å². The van der Waals surface area contributed by atoms with Gasteiger partial charge in [-0.2, -0.15) is 0 Å². The minimum absolute atomic E-state index is 0.120. The van der Waals surface area contributed by atoms with Crippen molar-refractivity contribution in [2.24, 2.45) is 5.92 Å². The predicted octanol–water partition coefficient (Wildman–Crippen LogP) is 2.04. The highest BCUT2D eigenvalue weighted by atomic mass is 16.5. The molecule has 1 aliphatic carbocycles. The number of methoxy groups -OCH3 is 1. The van der Waals surface area contributed by atoms with Gasteiger partial charge in [0.2, 0.25) is 0 Å². The third-order valence-electron chi connectivity index (χ3n) is 4.96. The molecule has 1 fully saturated rings. The van der Waals surface area contributed by atoms with Crippen LogP contribution in [0, 0.1) is 5.92 Å². The number of carbonyl (C=O) groups is 1. The van der Waals surface area contributed by atoms with Crippen LogP contribution in [0.3, 0.4) is 0 Å². The van der Waals surface area contributed by atoms with Crippen LogP contribution in [0.4, 0.5) is 0 Å². The monoisotopic (exact) mass is 270 g/mol. The molecule has 1 rings (SSSR count). The molecule has 0 heterocycles. The Morgan fingerprint density at radius 1 is 1.42 bits per heavy atom. The minimum Gasteiger partial charge on any atom is -0.468 e. The molecule has 0 aromatic rings. The maximum Gasteiger partial charge on any atom is 0.326 e. The second kappa shape index (κ2) is 6.71. The number of hydrogen-bond acceptors (Lipinski definition) is 4. The predicted molar refractivity (Wildman–Crippen MR) is 78.1 cm³/mol. The Balaban J connectivity index is 2.80. The fourth-order valence-corrected chi connectivity index (χ4v) is 3.11. The molecule has 0 spiro atoms. The number of nitrogens with zero attached hydrogens (tertiary/aromatic N) is 1. The Morgan fingerprint density at radius 2 is 2.05 bits per heavy atom. The van der Waals surface area contributed by atoms with Gasteiger partial charge >= 0.3 is 5.97 Å². The topological polar surface area (TPSA) is 41.6 Å². The Morgan fingerprint density at radius 3 is 2.53 bits per heavy atom. The van der Waals surface area contributed by atoms with Crippen molar-refractivity contribution in [2.75, 3.05) is 21.2 Å². The summed E-state index contributed by atoms with van der Waals surface area (Å²) in [5.74, 6) is 0.499. The van der Waals surface area contributed by atoms with Crippen molar-refractivity contribution in [1.82, 2.24) is 10.2 Å². The minimum atomic E-state index is -0.497. The molecule has 0 radical (unpaired) electrons. The summed E-state index contributed by atoms with van der Waals surface area (Å²) in [6.45, 7) is 6.75. The van der Waals surface area contributed by atoms with Crippen LogP contribution in [0.1, 0.15) is 46.5 Å². The van der Waals surface area contributed by atoms with Crippen LogP contribution in [0.15, 0.2) is 0 Å². The molecule has 4 heteroatoms. The second-order valence-corrected chi connectivity index (χ2v) is 6.22. The number of carbonyl (C=O) groups excluding carboxylic acids is 1. The van der Waals surface area contributed by atoms with Gasteiger partial charge in [0.15, 0.2) is 0 Å². The zero-order valence-corrected chi connectivity index (χ0v) is 13.3. The van der Waals surface area contributed by atoms with E-state index in [1.165, 1.54) is 7.11 Å². The van der Waals surface area contributed by atoms with Crippen LogP contribution in [0.5, 0.6) is 0 Å². The van der Waals surface area contributed by atoms with E-state index in [1.54, 1.807) is 0 Å². The molecule has 3 unspecified atom stereocenters. The van der Waals surface area contributed by atoms with E-state index >= 15 is 0 Å². The molecule has 1 aliphatic rings. The van der Waals surface area contributed by atoms with Crippen LogP contribution in [-0.2, 0) is 9.53 Å². The molecule has 1 N–H and O–H groups in total. The van der Waals surface area contributed by atoms with E-state index in [4.69, 9.17) is 4.74 Å². The quantitative estimate of drug-likeness (QED) is 0.776. The van der Waals surface area contributed by atoms with Gasteiger partial charge in [-0.3, -0.25) is 4.79 Å². The van der Waals surface area contributed by atoms with Gasteiger partial charge < -0.3 is 15.0 Å². The molecule has 0 amide bonds. The lowest BCUT2D eigenvalue weighted by Crippen LogP contribution is -2.58. The van der Waals surface area contributed by atoms with Crippen molar-refractivity contribution < 1.29 is 9.53 Å². The van der Waals surface area contributed by atoms with Crippen molar-refractivity contribution in [2.45, 2.75) is 64.1 Å². The van der Waals surface area contributed by atoms with Gasteiger partial charge in [-0.25, -0.2) is 0 Å². The highest BCUT2D eigenvalue weighted by Crippen LogP contribution is 2.33. The zero-order valence-electron chi connectivity index (χ0n) is 13.3. The van der Waals surface area contributed by atoms with Crippen molar-refractivity contribution in [3.63, 3.8) is 0 Å². The van der Waals surface area contributed by atoms with E-state index in [2.05, 4.69) is 38.0 Å². The third-order valence-corrected chi connectivity index (χ3v) is 4.96. The first-order chi connectivity index (χ1) is 8.88. The largest absolute Gasteiger partial charge is 0.468 e. The smallest absolute Gasteiger partial charge is 0.326 e. The average Bonchev–Trinajstić information content (AvgIpc) is 2.44. The first-order valence-electron chi connectivity index (χ1n) is 7.37. The Bertz CT molecular complexity index is 307. The Kier molecular flexibility index (Phi) is 5.81. The fourth-order valence-electron chi connectivity index (χ4n) is 3.11. The number of ether oxygens (including phenoxy) is 1. The highest BCUT2D eigenvalue weighted by Gasteiger charge is 2.44. The number of likely N-dealkylation sites (N-methyl/N-ethyl adjacent to an activating group) is 1. The molecular formula is C15H30N2O2. The van der Waals surface area contributed by atoms with E-state index in [1.807, 2.05) is 7.05 Å². The summed E-state index contributed by atoms with van der Waals surface area (Å²) in [6, 6.07) is 0.966. The lowest BCUT2D eigenvalue weighted by atomic mass is 9.78. The Hall–Kier alpha value is -0.610. The van der Waals surface area contributed by atoms with Crippen molar-refractivity contribution in [1.29, 1.82) is 0 Å². The SMILES string of the molecule is CNC1(C(=O)OC)CCCC(N(C)C(C)C(C)C)C1. The van der Waals surface area contributed by atoms with E-state index in [-0.39, 0.29) is 5.97 Å². The van der Waals surface area contributed by atoms with E-state index < -0.39 is 5.54 Å². The van der Waals surface area contributed by atoms with Crippen molar-refractivity contribution >= 4 is 5.97 Å². The maximum atomic E-state index is 12.1. The maximum absolute atomic E-state index is 12.1. The Labute approximate surface area is 117 Å². The van der Waals surface area contributed by atoms with Crippen molar-refractivity contribution in [3.05, 3.63) is 0 Å². The van der Waals surface area contributed by atoms with Gasteiger partial charge in [-0.05, 0) is 52.6 Å². The summed E-state index contributed by atoms with van der Waals surface area (Å²) < 4.78 is 5.00. The molecule has 0 aromatic heterocycles. The molecule has 0 aromatic carbocycles. The summed E-state index contributed by atoms with van der Waals surface area (Å²) in [4.78, 5) is 14.5. The van der Waals surface area contributed by atoms with Gasteiger partial charge in [-0.1, -0.05) is 13.8 Å². The zero-order chi connectivity index (χ0) is 14.6. The van der Waals surface area contributed by atoms with E-state index in [0.717, 1.165) is 25.7 Å². The van der Waals surface area contributed by atoms with Crippen LogP contribution >= 0.6 is 0 Å². The first-order valence-corrected chi connectivity index (χ1v) is 7.37. The molecule has 0 saturated heterocycles. The average molecular weight is 270 g/mol. The summed E-state index contributed by atoms with van der Waals surface area (Å²) in [5.41, 5.74) is -0.497. The summed E-state index contributed by atoms with van der Waals surface area (Å²) in [7, 11) is 5.52. The summed E-state index contributed by atoms with van der Waals surface area (Å²) >= 11 is 0.